The maximum absolute atomic E-state index is 12.8. The highest BCUT2D eigenvalue weighted by molar-refractivity contribution is 9.08. The van der Waals surface area contributed by atoms with Gasteiger partial charge in [-0.25, -0.2) is 0 Å². The van der Waals surface area contributed by atoms with Gasteiger partial charge in [-0.15, -0.1) is 13.2 Å². The van der Waals surface area contributed by atoms with Crippen LogP contribution < -0.4 is 9.47 Å². The number of alkyl halides is 7. The predicted molar refractivity (Wildman–Crippen MR) is 55.1 cm³/mol. The lowest BCUT2D eigenvalue weighted by molar-refractivity contribution is -0.276. The fraction of sp³-hybridized carbons (Fsp3) is 0.444. The molecule has 0 saturated carbocycles. The minimum absolute atomic E-state index is 0.389. The van der Waals surface area contributed by atoms with Crippen LogP contribution in [0.3, 0.4) is 0 Å². The highest BCUT2D eigenvalue weighted by Gasteiger charge is 2.43. The van der Waals surface area contributed by atoms with Crippen LogP contribution in [-0.4, -0.2) is 18.5 Å². The van der Waals surface area contributed by atoms with Crippen molar-refractivity contribution in [2.24, 2.45) is 0 Å². The summed E-state index contributed by atoms with van der Waals surface area (Å²) in [6.45, 7) is 0. The third kappa shape index (κ3) is 3.88. The van der Waals surface area contributed by atoms with Gasteiger partial charge in [-0.1, -0.05) is 15.9 Å². The van der Waals surface area contributed by atoms with Crippen LogP contribution in [0.1, 0.15) is 11.3 Å². The van der Waals surface area contributed by atoms with Crippen LogP contribution in [-0.2, 0) is 11.5 Å². The first-order valence-electron chi connectivity index (χ1n) is 4.55. The lowest BCUT2D eigenvalue weighted by atomic mass is 10.1. The number of hydrogen-bond donors (Lipinski definition) is 0. The number of aromatic nitrogens is 1. The fourth-order valence-electron chi connectivity index (χ4n) is 1.27. The smallest absolute Gasteiger partial charge is 0.491 e. The van der Waals surface area contributed by atoms with Gasteiger partial charge in [-0.05, 0) is 0 Å². The van der Waals surface area contributed by atoms with E-state index in [1.807, 2.05) is 0 Å². The summed E-state index contributed by atoms with van der Waals surface area (Å²) in [5, 5.41) is -0.389. The first-order chi connectivity index (χ1) is 8.60. The van der Waals surface area contributed by atoms with Crippen LogP contribution >= 0.6 is 15.9 Å². The molecule has 3 nitrogen and oxygen atoms in total. The normalized spacial score (nSPS) is 12.4. The van der Waals surface area contributed by atoms with Crippen molar-refractivity contribution in [3.8, 4) is 11.5 Å². The Kier molecular flexibility index (Phi) is 4.54. The van der Waals surface area contributed by atoms with E-state index in [4.69, 9.17) is 0 Å². The lowest BCUT2D eigenvalue weighted by Crippen LogP contribution is -2.22. The quantitative estimate of drug-likeness (QED) is 0.610. The number of methoxy groups -OCH3 is 1. The van der Waals surface area contributed by atoms with E-state index in [2.05, 4.69) is 30.4 Å². The van der Waals surface area contributed by atoms with Gasteiger partial charge in [0.2, 0.25) is 0 Å². The molecule has 19 heavy (non-hydrogen) atoms. The molecule has 1 aromatic rings. The van der Waals surface area contributed by atoms with Crippen molar-refractivity contribution in [2.45, 2.75) is 17.9 Å². The second-order valence-electron chi connectivity index (χ2n) is 3.16. The van der Waals surface area contributed by atoms with E-state index < -0.39 is 35.3 Å². The Hall–Kier alpha value is -1.19. The second kappa shape index (κ2) is 5.43. The predicted octanol–water partition coefficient (Wildman–Crippen LogP) is 3.90. The molecule has 0 amide bonds. The van der Waals surface area contributed by atoms with Gasteiger partial charge in [0, 0.05) is 5.33 Å². The molecule has 1 heterocycles. The third-order valence-electron chi connectivity index (χ3n) is 1.92. The molecule has 0 aliphatic carbocycles. The molecule has 10 heteroatoms. The molecule has 108 valence electrons. The van der Waals surface area contributed by atoms with Gasteiger partial charge >= 0.3 is 12.5 Å². The summed E-state index contributed by atoms with van der Waals surface area (Å²) in [5.41, 5.74) is -2.26. The fourth-order valence-corrected chi connectivity index (χ4v) is 1.70. The van der Waals surface area contributed by atoms with E-state index >= 15 is 0 Å². The molecule has 0 fully saturated rings. The number of rotatable bonds is 3. The second-order valence-corrected chi connectivity index (χ2v) is 3.72. The van der Waals surface area contributed by atoms with Crippen molar-refractivity contribution >= 4 is 15.9 Å². The van der Waals surface area contributed by atoms with Gasteiger partial charge in [0.15, 0.2) is 11.5 Å². The van der Waals surface area contributed by atoms with Gasteiger partial charge in [0.25, 0.3) is 0 Å². The Morgan fingerprint density at radius 2 is 1.79 bits per heavy atom. The number of nitrogens with zero attached hydrogens (tertiary/aromatic N) is 1. The first kappa shape index (κ1) is 15.9. The molecular weight excluding hydrogens is 348 g/mol. The third-order valence-corrected chi connectivity index (χ3v) is 2.46. The zero-order chi connectivity index (χ0) is 14.8. The Balaban J connectivity index is 3.53. The molecule has 0 aromatic carbocycles. The van der Waals surface area contributed by atoms with Crippen LogP contribution in [0.4, 0.5) is 26.3 Å². The summed E-state index contributed by atoms with van der Waals surface area (Å²) >= 11 is 2.72. The van der Waals surface area contributed by atoms with E-state index in [1.54, 1.807) is 0 Å². The Labute approximate surface area is 111 Å². The Morgan fingerprint density at radius 3 is 2.16 bits per heavy atom. The standard InChI is InChI=1S/C9H6BrF6NO2/c1-18-5-3-17-4(2-10)6(8(11,12)13)7(5)19-9(14,15)16/h3H,2H2,1H3. The molecule has 0 atom stereocenters. The maximum Gasteiger partial charge on any atom is 0.573 e. The van der Waals surface area contributed by atoms with Crippen molar-refractivity contribution in [2.75, 3.05) is 7.11 Å². The average molecular weight is 354 g/mol. The molecule has 0 aliphatic rings. The van der Waals surface area contributed by atoms with Gasteiger partial charge in [-0.3, -0.25) is 4.98 Å². The average Bonchev–Trinajstić information content (AvgIpc) is 2.24. The number of hydrogen-bond acceptors (Lipinski definition) is 3. The number of halogens is 7. The Morgan fingerprint density at radius 1 is 1.21 bits per heavy atom. The van der Waals surface area contributed by atoms with Crippen molar-refractivity contribution in [1.29, 1.82) is 0 Å². The molecule has 0 N–H and O–H groups in total. The molecular formula is C9H6BrF6NO2. The zero-order valence-corrected chi connectivity index (χ0v) is 10.8. The minimum atomic E-state index is -5.28. The van der Waals surface area contributed by atoms with E-state index in [1.165, 1.54) is 0 Å². The summed E-state index contributed by atoms with van der Waals surface area (Å²) in [6, 6.07) is 0. The molecule has 0 bridgehead atoms. The largest absolute Gasteiger partial charge is 0.573 e. The van der Waals surface area contributed by atoms with Crippen molar-refractivity contribution < 1.29 is 35.8 Å². The van der Waals surface area contributed by atoms with E-state index in [-0.39, 0.29) is 5.33 Å². The molecule has 1 aromatic heterocycles. The van der Waals surface area contributed by atoms with Crippen LogP contribution in [0, 0.1) is 0 Å². The van der Waals surface area contributed by atoms with Gasteiger partial charge in [-0.2, -0.15) is 13.2 Å². The minimum Gasteiger partial charge on any atom is -0.491 e. The summed E-state index contributed by atoms with van der Waals surface area (Å²) in [6.07, 6.45) is -9.61. The molecule has 0 radical (unpaired) electrons. The van der Waals surface area contributed by atoms with Crippen LogP contribution in [0.5, 0.6) is 11.5 Å². The van der Waals surface area contributed by atoms with E-state index in [9.17, 15) is 26.3 Å². The summed E-state index contributed by atoms with van der Waals surface area (Å²) in [5.74, 6) is -2.21. The van der Waals surface area contributed by atoms with E-state index in [0.29, 0.717) is 0 Å². The number of ether oxygens (including phenoxy) is 2. The van der Waals surface area contributed by atoms with E-state index in [0.717, 1.165) is 13.3 Å². The van der Waals surface area contributed by atoms with Gasteiger partial charge in [0.1, 0.15) is 5.56 Å². The maximum atomic E-state index is 12.8. The monoisotopic (exact) mass is 353 g/mol. The Bertz CT molecular complexity index is 459. The molecule has 0 aliphatic heterocycles. The molecule has 1 rings (SSSR count). The van der Waals surface area contributed by atoms with Crippen molar-refractivity contribution in [1.82, 2.24) is 4.98 Å². The highest BCUT2D eigenvalue weighted by Crippen LogP contribution is 2.45. The van der Waals surface area contributed by atoms with Crippen LogP contribution in [0.2, 0.25) is 0 Å². The number of pyridine rings is 1. The summed E-state index contributed by atoms with van der Waals surface area (Å²) < 4.78 is 82.9. The molecule has 0 unspecified atom stereocenters. The molecule has 0 spiro atoms. The van der Waals surface area contributed by atoms with Crippen molar-refractivity contribution in [3.05, 3.63) is 17.5 Å². The van der Waals surface area contributed by atoms with Crippen LogP contribution in [0.15, 0.2) is 6.20 Å². The van der Waals surface area contributed by atoms with Crippen molar-refractivity contribution in [3.63, 3.8) is 0 Å². The highest BCUT2D eigenvalue weighted by atomic mass is 79.9. The van der Waals surface area contributed by atoms with Gasteiger partial charge in [0.05, 0.1) is 19.0 Å². The SMILES string of the molecule is COc1cnc(CBr)c(C(F)(F)F)c1OC(F)(F)F. The summed E-state index contributed by atoms with van der Waals surface area (Å²) in [7, 11) is 0.911. The summed E-state index contributed by atoms with van der Waals surface area (Å²) in [4.78, 5) is 3.39. The van der Waals surface area contributed by atoms with Crippen LogP contribution in [0.25, 0.3) is 0 Å². The van der Waals surface area contributed by atoms with Gasteiger partial charge < -0.3 is 9.47 Å². The lowest BCUT2D eigenvalue weighted by Gasteiger charge is -2.19. The first-order valence-corrected chi connectivity index (χ1v) is 5.67. The zero-order valence-electron chi connectivity index (χ0n) is 9.19. The topological polar surface area (TPSA) is 31.4 Å². The molecule has 0 saturated heterocycles.